The topological polar surface area (TPSA) is 31.9 Å². The van der Waals surface area contributed by atoms with Gasteiger partial charge < -0.3 is 4.98 Å². The van der Waals surface area contributed by atoms with Gasteiger partial charge in [-0.3, -0.25) is 4.90 Å². The summed E-state index contributed by atoms with van der Waals surface area (Å²) in [5.41, 5.74) is 2.23. The molecule has 3 heteroatoms. The van der Waals surface area contributed by atoms with Gasteiger partial charge in [0.2, 0.25) is 0 Å². The molecule has 3 nitrogen and oxygen atoms in total. The quantitative estimate of drug-likeness (QED) is 0.793. The number of nitrogens with one attached hydrogen (secondary N) is 1. The van der Waals surface area contributed by atoms with Crippen LogP contribution in [0, 0.1) is 0 Å². The second-order valence-corrected chi connectivity index (χ2v) is 4.63. The molecule has 1 aliphatic rings. The molecular formula is C13H17N3. The van der Waals surface area contributed by atoms with E-state index in [-0.39, 0.29) is 0 Å². The molecule has 0 amide bonds. The lowest BCUT2D eigenvalue weighted by atomic mass is 10.0. The average Bonchev–Trinajstić information content (AvgIpc) is 2.73. The summed E-state index contributed by atoms with van der Waals surface area (Å²) in [7, 11) is 2.19. The van der Waals surface area contributed by atoms with Gasteiger partial charge in [0, 0.05) is 0 Å². The van der Waals surface area contributed by atoms with E-state index < -0.39 is 0 Å². The van der Waals surface area contributed by atoms with Gasteiger partial charge in [-0.1, -0.05) is 18.6 Å². The van der Waals surface area contributed by atoms with E-state index in [2.05, 4.69) is 40.1 Å². The van der Waals surface area contributed by atoms with Crippen LogP contribution in [-0.2, 0) is 0 Å². The number of piperidine rings is 1. The first-order valence-corrected chi connectivity index (χ1v) is 5.99. The lowest BCUT2D eigenvalue weighted by Gasteiger charge is -2.30. The van der Waals surface area contributed by atoms with Crippen molar-refractivity contribution in [1.29, 1.82) is 0 Å². The zero-order chi connectivity index (χ0) is 11.0. The van der Waals surface area contributed by atoms with Crippen LogP contribution < -0.4 is 0 Å². The molecule has 1 N–H and O–H groups in total. The standard InChI is InChI=1S/C13H17N3/c1-16-9-5-4-8-12(16)13-14-10-6-2-3-7-11(10)15-13/h2-3,6-7,12H,4-5,8-9H2,1H3,(H,14,15). The molecule has 1 aromatic heterocycles. The highest BCUT2D eigenvalue weighted by atomic mass is 15.2. The van der Waals surface area contributed by atoms with Crippen molar-refractivity contribution in [2.75, 3.05) is 13.6 Å². The van der Waals surface area contributed by atoms with Crippen LogP contribution >= 0.6 is 0 Å². The maximum absolute atomic E-state index is 4.69. The van der Waals surface area contributed by atoms with Gasteiger partial charge in [0.25, 0.3) is 0 Å². The molecule has 0 radical (unpaired) electrons. The maximum Gasteiger partial charge on any atom is 0.124 e. The summed E-state index contributed by atoms with van der Waals surface area (Å²) in [5.74, 6) is 1.13. The summed E-state index contributed by atoms with van der Waals surface area (Å²) >= 11 is 0. The monoisotopic (exact) mass is 215 g/mol. The van der Waals surface area contributed by atoms with Crippen molar-refractivity contribution in [1.82, 2.24) is 14.9 Å². The van der Waals surface area contributed by atoms with Gasteiger partial charge in [-0.25, -0.2) is 4.98 Å². The first-order chi connectivity index (χ1) is 7.84. The number of H-pyrrole nitrogens is 1. The second kappa shape index (κ2) is 3.91. The zero-order valence-corrected chi connectivity index (χ0v) is 9.61. The lowest BCUT2D eigenvalue weighted by Crippen LogP contribution is -2.30. The Labute approximate surface area is 95.5 Å². The minimum absolute atomic E-state index is 0.473. The third-order valence-electron chi connectivity index (χ3n) is 3.49. The van der Waals surface area contributed by atoms with Gasteiger partial charge in [-0.05, 0) is 38.6 Å². The van der Waals surface area contributed by atoms with E-state index in [1.165, 1.54) is 25.8 Å². The van der Waals surface area contributed by atoms with E-state index in [0.29, 0.717) is 6.04 Å². The first kappa shape index (κ1) is 9.85. The highest BCUT2D eigenvalue weighted by Crippen LogP contribution is 2.28. The molecule has 0 saturated carbocycles. The number of fused-ring (bicyclic) bond motifs is 1. The largest absolute Gasteiger partial charge is 0.341 e. The first-order valence-electron chi connectivity index (χ1n) is 5.99. The van der Waals surface area contributed by atoms with Crippen molar-refractivity contribution in [3.05, 3.63) is 30.1 Å². The summed E-state index contributed by atoms with van der Waals surface area (Å²) in [6.45, 7) is 1.18. The van der Waals surface area contributed by atoms with Gasteiger partial charge >= 0.3 is 0 Å². The van der Waals surface area contributed by atoms with Crippen LogP contribution in [0.15, 0.2) is 24.3 Å². The van der Waals surface area contributed by atoms with Crippen molar-refractivity contribution in [2.45, 2.75) is 25.3 Å². The molecule has 0 bridgehead atoms. The highest BCUT2D eigenvalue weighted by Gasteiger charge is 2.23. The molecule has 1 fully saturated rings. The minimum Gasteiger partial charge on any atom is -0.341 e. The third-order valence-corrected chi connectivity index (χ3v) is 3.49. The Morgan fingerprint density at radius 3 is 3.00 bits per heavy atom. The number of hydrogen-bond donors (Lipinski definition) is 1. The lowest BCUT2D eigenvalue weighted by molar-refractivity contribution is 0.180. The molecule has 1 saturated heterocycles. The van der Waals surface area contributed by atoms with Crippen LogP contribution in [0.2, 0.25) is 0 Å². The highest BCUT2D eigenvalue weighted by molar-refractivity contribution is 5.74. The van der Waals surface area contributed by atoms with E-state index in [1.807, 2.05) is 6.07 Å². The fraction of sp³-hybridized carbons (Fsp3) is 0.462. The van der Waals surface area contributed by atoms with Crippen LogP contribution in [0.4, 0.5) is 0 Å². The van der Waals surface area contributed by atoms with Gasteiger partial charge in [0.1, 0.15) is 5.82 Å². The molecule has 2 aromatic rings. The van der Waals surface area contributed by atoms with Gasteiger partial charge in [-0.15, -0.1) is 0 Å². The van der Waals surface area contributed by atoms with Crippen molar-refractivity contribution < 1.29 is 0 Å². The van der Waals surface area contributed by atoms with Gasteiger partial charge in [0.15, 0.2) is 0 Å². The maximum atomic E-state index is 4.69. The van der Waals surface area contributed by atoms with Gasteiger partial charge in [0.05, 0.1) is 17.1 Å². The Kier molecular flexibility index (Phi) is 2.40. The fourth-order valence-electron chi connectivity index (χ4n) is 2.55. The molecule has 1 aromatic carbocycles. The smallest absolute Gasteiger partial charge is 0.124 e. The SMILES string of the molecule is CN1CCCCC1c1nc2ccccc2[nH]1. The van der Waals surface area contributed by atoms with Crippen LogP contribution in [0.3, 0.4) is 0 Å². The van der Waals surface area contributed by atoms with Crippen molar-refractivity contribution >= 4 is 11.0 Å². The summed E-state index contributed by atoms with van der Waals surface area (Å²) in [5, 5.41) is 0. The minimum atomic E-state index is 0.473. The summed E-state index contributed by atoms with van der Waals surface area (Å²) in [4.78, 5) is 10.5. The van der Waals surface area contributed by atoms with E-state index >= 15 is 0 Å². The van der Waals surface area contributed by atoms with Crippen molar-refractivity contribution in [3.63, 3.8) is 0 Å². The Morgan fingerprint density at radius 1 is 1.31 bits per heavy atom. The molecular weight excluding hydrogens is 198 g/mol. The predicted octanol–water partition coefficient (Wildman–Crippen LogP) is 2.72. The number of nitrogens with zero attached hydrogens (tertiary/aromatic N) is 2. The number of hydrogen-bond acceptors (Lipinski definition) is 2. The molecule has 0 spiro atoms. The molecule has 3 rings (SSSR count). The number of benzene rings is 1. The Balaban J connectivity index is 1.98. The van der Waals surface area contributed by atoms with Gasteiger partial charge in [-0.2, -0.15) is 0 Å². The summed E-state index contributed by atoms with van der Waals surface area (Å²) in [6, 6.07) is 8.72. The van der Waals surface area contributed by atoms with E-state index in [1.54, 1.807) is 0 Å². The fourth-order valence-corrected chi connectivity index (χ4v) is 2.55. The number of likely N-dealkylation sites (tertiary alicyclic amines) is 1. The van der Waals surface area contributed by atoms with Crippen LogP contribution in [0.25, 0.3) is 11.0 Å². The Morgan fingerprint density at radius 2 is 2.19 bits per heavy atom. The molecule has 84 valence electrons. The van der Waals surface area contributed by atoms with Crippen LogP contribution in [0.5, 0.6) is 0 Å². The summed E-state index contributed by atoms with van der Waals surface area (Å²) in [6.07, 6.45) is 3.84. The number of aromatic nitrogens is 2. The third kappa shape index (κ3) is 1.61. The number of aromatic amines is 1. The molecule has 16 heavy (non-hydrogen) atoms. The normalized spacial score (nSPS) is 22.7. The Hall–Kier alpha value is -1.35. The Bertz CT molecular complexity index is 456. The molecule has 1 atom stereocenters. The van der Waals surface area contributed by atoms with Crippen LogP contribution in [0.1, 0.15) is 31.1 Å². The second-order valence-electron chi connectivity index (χ2n) is 4.63. The predicted molar refractivity (Wildman–Crippen MR) is 65.3 cm³/mol. The van der Waals surface area contributed by atoms with Crippen molar-refractivity contribution in [2.24, 2.45) is 0 Å². The molecule has 2 heterocycles. The average molecular weight is 215 g/mol. The number of imidazole rings is 1. The molecule has 0 aliphatic carbocycles. The van der Waals surface area contributed by atoms with E-state index in [4.69, 9.17) is 0 Å². The van der Waals surface area contributed by atoms with E-state index in [9.17, 15) is 0 Å². The van der Waals surface area contributed by atoms with Crippen LogP contribution in [-0.4, -0.2) is 28.5 Å². The number of para-hydroxylation sites is 2. The number of rotatable bonds is 1. The van der Waals surface area contributed by atoms with Crippen molar-refractivity contribution in [3.8, 4) is 0 Å². The zero-order valence-electron chi connectivity index (χ0n) is 9.61. The van der Waals surface area contributed by atoms with E-state index in [0.717, 1.165) is 16.9 Å². The molecule has 1 unspecified atom stereocenters. The molecule has 1 aliphatic heterocycles. The summed E-state index contributed by atoms with van der Waals surface area (Å²) < 4.78 is 0.